The van der Waals surface area contributed by atoms with Crippen LogP contribution in [0, 0.1) is 0 Å². The van der Waals surface area contributed by atoms with Gasteiger partial charge in [0.15, 0.2) is 8.32 Å². The Morgan fingerprint density at radius 3 is 2.36 bits per heavy atom. The smallest absolute Gasteiger partial charge is 0.186 e. The summed E-state index contributed by atoms with van der Waals surface area (Å²) >= 11 is 0. The molecule has 0 aromatic heterocycles. The molecule has 2 heteroatoms. The highest BCUT2D eigenvalue weighted by Crippen LogP contribution is 2.16. The summed E-state index contributed by atoms with van der Waals surface area (Å²) in [6, 6.07) is 1.31. The molecule has 0 unspecified atom stereocenters. The molecule has 0 fully saturated rings. The van der Waals surface area contributed by atoms with Crippen LogP contribution in [0.3, 0.4) is 0 Å². The summed E-state index contributed by atoms with van der Waals surface area (Å²) in [4.78, 5) is 0. The molecule has 0 aliphatic carbocycles. The van der Waals surface area contributed by atoms with Gasteiger partial charge in [-0.2, -0.15) is 0 Å². The van der Waals surface area contributed by atoms with E-state index in [1.807, 2.05) is 6.08 Å². The van der Waals surface area contributed by atoms with E-state index >= 15 is 0 Å². The predicted octanol–water partition coefficient (Wildman–Crippen LogP) is 4.36. The fraction of sp³-hybridized carbons (Fsp3) is 0.833. The number of unbranched alkanes of at least 4 members (excludes halogenated alkanes) is 4. The molecule has 0 radical (unpaired) electrons. The third-order valence-corrected chi connectivity index (χ3v) is 5.10. The average molecular weight is 214 g/mol. The zero-order valence-electron chi connectivity index (χ0n) is 10.1. The van der Waals surface area contributed by atoms with Crippen LogP contribution in [0.2, 0.25) is 19.1 Å². The van der Waals surface area contributed by atoms with E-state index in [4.69, 9.17) is 4.43 Å². The maximum atomic E-state index is 5.78. The summed E-state index contributed by atoms with van der Waals surface area (Å²) in [6.07, 6.45) is 8.54. The lowest BCUT2D eigenvalue weighted by Gasteiger charge is -2.21. The Morgan fingerprint density at radius 1 is 1.14 bits per heavy atom. The highest BCUT2D eigenvalue weighted by atomic mass is 28.4. The van der Waals surface area contributed by atoms with Crippen LogP contribution in [-0.4, -0.2) is 14.9 Å². The molecule has 1 nitrogen and oxygen atoms in total. The number of hydrogen-bond donors (Lipinski definition) is 0. The minimum Gasteiger partial charge on any atom is -0.418 e. The summed E-state index contributed by atoms with van der Waals surface area (Å²) in [5.41, 5.74) is 0. The molecule has 0 heterocycles. The van der Waals surface area contributed by atoms with Gasteiger partial charge in [0.05, 0.1) is 0 Å². The molecule has 0 rings (SSSR count). The summed E-state index contributed by atoms with van der Waals surface area (Å²) < 4.78 is 5.78. The van der Waals surface area contributed by atoms with E-state index in [9.17, 15) is 0 Å². The SMILES string of the molecule is C=CCCCCCC[Si](C)(C)OCC. The van der Waals surface area contributed by atoms with Crippen LogP contribution in [0.25, 0.3) is 0 Å². The van der Waals surface area contributed by atoms with Gasteiger partial charge in [-0.1, -0.05) is 25.3 Å². The topological polar surface area (TPSA) is 9.23 Å². The molecule has 0 saturated heterocycles. The van der Waals surface area contributed by atoms with Gasteiger partial charge >= 0.3 is 0 Å². The van der Waals surface area contributed by atoms with Gasteiger partial charge in [-0.05, 0) is 38.9 Å². The van der Waals surface area contributed by atoms with Crippen molar-refractivity contribution in [3.05, 3.63) is 12.7 Å². The Balaban J connectivity index is 3.29. The molecule has 14 heavy (non-hydrogen) atoms. The van der Waals surface area contributed by atoms with Crippen molar-refractivity contribution in [2.75, 3.05) is 6.61 Å². The lowest BCUT2D eigenvalue weighted by molar-refractivity contribution is 0.327. The molecule has 0 atom stereocenters. The molecular weight excluding hydrogens is 188 g/mol. The second-order valence-electron chi connectivity index (χ2n) is 4.43. The Hall–Kier alpha value is -0.0831. The maximum absolute atomic E-state index is 5.78. The van der Waals surface area contributed by atoms with E-state index in [0.29, 0.717) is 0 Å². The third kappa shape index (κ3) is 8.51. The standard InChI is InChI=1S/C12H26OSi/c1-5-7-8-9-10-11-12-14(3,4)13-6-2/h5H,1,6-12H2,2-4H3. The van der Waals surface area contributed by atoms with Crippen LogP contribution < -0.4 is 0 Å². The quantitative estimate of drug-likeness (QED) is 0.315. The van der Waals surface area contributed by atoms with Gasteiger partial charge in [0.25, 0.3) is 0 Å². The first kappa shape index (κ1) is 13.9. The molecule has 0 N–H and O–H groups in total. The Labute approximate surface area is 90.7 Å². The molecule has 0 amide bonds. The third-order valence-electron chi connectivity index (χ3n) is 2.47. The number of allylic oxidation sites excluding steroid dienone is 1. The molecule has 0 saturated carbocycles. The van der Waals surface area contributed by atoms with Gasteiger partial charge in [-0.3, -0.25) is 0 Å². The summed E-state index contributed by atoms with van der Waals surface area (Å²) in [6.45, 7) is 11.3. The first-order valence-corrected chi connectivity index (χ1v) is 8.99. The van der Waals surface area contributed by atoms with E-state index in [1.54, 1.807) is 0 Å². The van der Waals surface area contributed by atoms with E-state index in [2.05, 4.69) is 26.6 Å². The fourth-order valence-corrected chi connectivity index (χ4v) is 3.68. The minimum absolute atomic E-state index is 0.885. The minimum atomic E-state index is -1.29. The fourth-order valence-electron chi connectivity index (χ4n) is 1.66. The van der Waals surface area contributed by atoms with Crippen molar-refractivity contribution in [3.8, 4) is 0 Å². The highest BCUT2D eigenvalue weighted by molar-refractivity contribution is 6.71. The molecule has 0 aromatic carbocycles. The first-order valence-electron chi connectivity index (χ1n) is 5.87. The molecule has 0 aliphatic rings. The van der Waals surface area contributed by atoms with Crippen LogP contribution in [-0.2, 0) is 4.43 Å². The van der Waals surface area contributed by atoms with Crippen molar-refractivity contribution in [2.45, 2.75) is 58.2 Å². The van der Waals surface area contributed by atoms with Gasteiger partial charge in [0.2, 0.25) is 0 Å². The Morgan fingerprint density at radius 2 is 1.79 bits per heavy atom. The zero-order chi connectivity index (χ0) is 10.9. The van der Waals surface area contributed by atoms with Crippen LogP contribution in [0.15, 0.2) is 12.7 Å². The molecule has 84 valence electrons. The van der Waals surface area contributed by atoms with E-state index < -0.39 is 8.32 Å². The van der Waals surface area contributed by atoms with E-state index in [0.717, 1.165) is 6.61 Å². The second-order valence-corrected chi connectivity index (χ2v) is 8.74. The highest BCUT2D eigenvalue weighted by Gasteiger charge is 2.20. The molecule has 0 aliphatic heterocycles. The largest absolute Gasteiger partial charge is 0.418 e. The number of hydrogen-bond acceptors (Lipinski definition) is 1. The van der Waals surface area contributed by atoms with Crippen LogP contribution in [0.1, 0.15) is 39.0 Å². The Bertz CT molecular complexity index is 143. The lowest BCUT2D eigenvalue weighted by Crippen LogP contribution is -2.29. The van der Waals surface area contributed by atoms with Crippen molar-refractivity contribution in [1.82, 2.24) is 0 Å². The first-order chi connectivity index (χ1) is 6.62. The second kappa shape index (κ2) is 8.24. The van der Waals surface area contributed by atoms with Crippen LogP contribution in [0.5, 0.6) is 0 Å². The van der Waals surface area contributed by atoms with Crippen molar-refractivity contribution < 1.29 is 4.43 Å². The molecule has 0 aromatic rings. The van der Waals surface area contributed by atoms with E-state index in [1.165, 1.54) is 38.1 Å². The van der Waals surface area contributed by atoms with Crippen molar-refractivity contribution in [2.24, 2.45) is 0 Å². The predicted molar refractivity (Wildman–Crippen MR) is 67.2 cm³/mol. The average Bonchev–Trinajstić information content (AvgIpc) is 2.11. The lowest BCUT2D eigenvalue weighted by atomic mass is 10.1. The van der Waals surface area contributed by atoms with Gasteiger partial charge in [0, 0.05) is 6.61 Å². The Kier molecular flexibility index (Phi) is 8.19. The molecular formula is C12H26OSi. The van der Waals surface area contributed by atoms with Gasteiger partial charge < -0.3 is 4.43 Å². The number of rotatable bonds is 9. The van der Waals surface area contributed by atoms with Crippen molar-refractivity contribution >= 4 is 8.32 Å². The maximum Gasteiger partial charge on any atom is 0.186 e. The normalized spacial score (nSPS) is 11.6. The van der Waals surface area contributed by atoms with E-state index in [-0.39, 0.29) is 0 Å². The summed E-state index contributed by atoms with van der Waals surface area (Å²) in [5.74, 6) is 0. The van der Waals surface area contributed by atoms with Crippen LogP contribution >= 0.6 is 0 Å². The monoisotopic (exact) mass is 214 g/mol. The van der Waals surface area contributed by atoms with Gasteiger partial charge in [-0.15, -0.1) is 6.58 Å². The van der Waals surface area contributed by atoms with Crippen molar-refractivity contribution in [3.63, 3.8) is 0 Å². The molecule has 0 bridgehead atoms. The van der Waals surface area contributed by atoms with Crippen molar-refractivity contribution in [1.29, 1.82) is 0 Å². The molecule has 0 spiro atoms. The van der Waals surface area contributed by atoms with Crippen LogP contribution in [0.4, 0.5) is 0 Å². The summed E-state index contributed by atoms with van der Waals surface area (Å²) in [7, 11) is -1.29. The van der Waals surface area contributed by atoms with Gasteiger partial charge in [0.1, 0.15) is 0 Å². The zero-order valence-corrected chi connectivity index (χ0v) is 11.1. The van der Waals surface area contributed by atoms with Gasteiger partial charge in [-0.25, -0.2) is 0 Å². The summed E-state index contributed by atoms with van der Waals surface area (Å²) in [5, 5.41) is 0.